The highest BCUT2D eigenvalue weighted by atomic mass is 32.1. The molecule has 96 valence electrons. The average molecular weight is 254 g/mol. The molecule has 1 saturated heterocycles. The Labute approximate surface area is 108 Å². The molecule has 5 heteroatoms. The Bertz CT molecular complexity index is 369. The molecular formula is C12H22N4S. The fourth-order valence-corrected chi connectivity index (χ4v) is 2.84. The van der Waals surface area contributed by atoms with Gasteiger partial charge in [-0.2, -0.15) is 0 Å². The van der Waals surface area contributed by atoms with Crippen molar-refractivity contribution in [3.8, 4) is 0 Å². The van der Waals surface area contributed by atoms with Crippen LogP contribution in [0.25, 0.3) is 0 Å². The van der Waals surface area contributed by atoms with Crippen molar-refractivity contribution in [1.29, 1.82) is 0 Å². The van der Waals surface area contributed by atoms with Gasteiger partial charge in [0.2, 0.25) is 5.13 Å². The maximum atomic E-state index is 4.35. The minimum absolute atomic E-state index is 0.110. The fourth-order valence-electron chi connectivity index (χ4n) is 1.88. The Morgan fingerprint density at radius 1 is 1.06 bits per heavy atom. The van der Waals surface area contributed by atoms with Crippen LogP contribution in [0.5, 0.6) is 0 Å². The molecule has 2 heterocycles. The van der Waals surface area contributed by atoms with E-state index >= 15 is 0 Å². The van der Waals surface area contributed by atoms with Crippen LogP contribution < -0.4 is 4.90 Å². The molecule has 1 aliphatic heterocycles. The summed E-state index contributed by atoms with van der Waals surface area (Å²) in [5.41, 5.74) is 0.110. The average Bonchev–Trinajstić information content (AvgIpc) is 2.63. The highest BCUT2D eigenvalue weighted by molar-refractivity contribution is 7.15. The molecule has 1 aromatic heterocycles. The third-order valence-corrected chi connectivity index (χ3v) is 4.46. The second-order valence-electron chi connectivity index (χ2n) is 5.78. The van der Waals surface area contributed by atoms with Crippen LogP contribution in [-0.4, -0.2) is 48.3 Å². The lowest BCUT2D eigenvalue weighted by molar-refractivity contribution is 0.360. The number of likely N-dealkylation sites (N-methyl/N-ethyl adjacent to an activating group) is 1. The summed E-state index contributed by atoms with van der Waals surface area (Å²) in [6.07, 6.45) is 1.21. The molecule has 0 spiro atoms. The highest BCUT2D eigenvalue weighted by Gasteiger charge is 2.22. The molecule has 1 fully saturated rings. The Kier molecular flexibility index (Phi) is 3.68. The van der Waals surface area contributed by atoms with Crippen molar-refractivity contribution in [2.45, 2.75) is 32.6 Å². The molecule has 0 radical (unpaired) electrons. The molecule has 0 saturated carbocycles. The van der Waals surface area contributed by atoms with Gasteiger partial charge in [-0.05, 0) is 20.0 Å². The molecule has 4 nitrogen and oxygen atoms in total. The zero-order valence-corrected chi connectivity index (χ0v) is 12.0. The topological polar surface area (TPSA) is 32.3 Å². The van der Waals surface area contributed by atoms with Gasteiger partial charge in [-0.3, -0.25) is 0 Å². The molecule has 17 heavy (non-hydrogen) atoms. The fraction of sp³-hybridized carbons (Fsp3) is 0.833. The third-order valence-electron chi connectivity index (χ3n) is 3.05. The normalized spacial score (nSPS) is 19.4. The van der Waals surface area contributed by atoms with E-state index < -0.39 is 0 Å². The van der Waals surface area contributed by atoms with Crippen molar-refractivity contribution in [2.75, 3.05) is 38.1 Å². The summed E-state index contributed by atoms with van der Waals surface area (Å²) in [5.74, 6) is 0. The molecule has 1 aliphatic rings. The lowest BCUT2D eigenvalue weighted by Gasteiger charge is -2.18. The Morgan fingerprint density at radius 3 is 2.47 bits per heavy atom. The van der Waals surface area contributed by atoms with Crippen LogP contribution in [0.2, 0.25) is 0 Å². The van der Waals surface area contributed by atoms with Crippen molar-refractivity contribution in [1.82, 2.24) is 15.1 Å². The first-order valence-electron chi connectivity index (χ1n) is 6.24. The first kappa shape index (κ1) is 12.8. The molecule has 1 aromatic rings. The predicted molar refractivity (Wildman–Crippen MR) is 72.9 cm³/mol. The van der Waals surface area contributed by atoms with E-state index in [2.05, 4.69) is 47.8 Å². The van der Waals surface area contributed by atoms with Crippen LogP contribution >= 0.6 is 11.3 Å². The molecule has 2 rings (SSSR count). The SMILES string of the molecule is CN1CCCN(c2nnc(C(C)(C)C)s2)CC1. The smallest absolute Gasteiger partial charge is 0.208 e. The molecule has 0 unspecified atom stereocenters. The van der Waals surface area contributed by atoms with E-state index in [1.165, 1.54) is 13.0 Å². The monoisotopic (exact) mass is 254 g/mol. The van der Waals surface area contributed by atoms with Crippen LogP contribution in [0, 0.1) is 0 Å². The zero-order chi connectivity index (χ0) is 12.5. The van der Waals surface area contributed by atoms with E-state index in [1.54, 1.807) is 11.3 Å². The van der Waals surface area contributed by atoms with E-state index in [0.717, 1.165) is 29.8 Å². The minimum atomic E-state index is 0.110. The summed E-state index contributed by atoms with van der Waals surface area (Å²) in [6.45, 7) is 11.0. The van der Waals surface area contributed by atoms with Gasteiger partial charge in [0.1, 0.15) is 5.01 Å². The zero-order valence-electron chi connectivity index (χ0n) is 11.2. The van der Waals surface area contributed by atoms with E-state index in [1.807, 2.05) is 0 Å². The first-order valence-corrected chi connectivity index (χ1v) is 7.06. The Balaban J connectivity index is 2.09. The van der Waals surface area contributed by atoms with Gasteiger partial charge in [0.05, 0.1) is 0 Å². The second-order valence-corrected chi connectivity index (χ2v) is 6.74. The predicted octanol–water partition coefficient (Wildman–Crippen LogP) is 1.98. The molecule has 0 N–H and O–H groups in total. The van der Waals surface area contributed by atoms with Crippen LogP contribution in [-0.2, 0) is 5.41 Å². The van der Waals surface area contributed by atoms with Crippen LogP contribution in [0.15, 0.2) is 0 Å². The summed E-state index contributed by atoms with van der Waals surface area (Å²) in [4.78, 5) is 4.75. The molecule has 0 atom stereocenters. The maximum Gasteiger partial charge on any atom is 0.208 e. The number of aromatic nitrogens is 2. The van der Waals surface area contributed by atoms with Crippen molar-refractivity contribution in [2.24, 2.45) is 0 Å². The van der Waals surface area contributed by atoms with Crippen molar-refractivity contribution in [3.05, 3.63) is 5.01 Å². The Morgan fingerprint density at radius 2 is 1.82 bits per heavy atom. The maximum absolute atomic E-state index is 4.35. The second kappa shape index (κ2) is 4.90. The van der Waals surface area contributed by atoms with Crippen LogP contribution in [0.4, 0.5) is 5.13 Å². The number of nitrogens with zero attached hydrogens (tertiary/aromatic N) is 4. The third kappa shape index (κ3) is 3.16. The van der Waals surface area contributed by atoms with Gasteiger partial charge >= 0.3 is 0 Å². The number of hydrogen-bond donors (Lipinski definition) is 0. The highest BCUT2D eigenvalue weighted by Crippen LogP contribution is 2.30. The van der Waals surface area contributed by atoms with Crippen molar-refractivity contribution >= 4 is 16.5 Å². The van der Waals surface area contributed by atoms with Gasteiger partial charge in [0.25, 0.3) is 0 Å². The molecule has 0 amide bonds. The van der Waals surface area contributed by atoms with Crippen LogP contribution in [0.3, 0.4) is 0 Å². The standard InChI is InChI=1S/C12H22N4S/c1-12(2,3)10-13-14-11(17-10)16-7-5-6-15(4)8-9-16/h5-9H2,1-4H3. The van der Waals surface area contributed by atoms with Gasteiger partial charge in [-0.1, -0.05) is 32.1 Å². The van der Waals surface area contributed by atoms with Gasteiger partial charge in [-0.25, -0.2) is 0 Å². The van der Waals surface area contributed by atoms with E-state index in [0.29, 0.717) is 0 Å². The molecule has 0 aliphatic carbocycles. The summed E-state index contributed by atoms with van der Waals surface area (Å²) in [6, 6.07) is 0. The quantitative estimate of drug-likeness (QED) is 0.767. The van der Waals surface area contributed by atoms with Gasteiger partial charge in [0.15, 0.2) is 0 Å². The summed E-state index contributed by atoms with van der Waals surface area (Å²) < 4.78 is 0. The van der Waals surface area contributed by atoms with Crippen molar-refractivity contribution in [3.63, 3.8) is 0 Å². The molecule has 0 bridgehead atoms. The Hall–Kier alpha value is -0.680. The van der Waals surface area contributed by atoms with Gasteiger partial charge in [0, 0.05) is 25.0 Å². The summed E-state index contributed by atoms with van der Waals surface area (Å²) in [7, 11) is 2.18. The van der Waals surface area contributed by atoms with E-state index in [9.17, 15) is 0 Å². The lowest BCUT2D eigenvalue weighted by Crippen LogP contribution is -2.28. The van der Waals surface area contributed by atoms with Gasteiger partial charge < -0.3 is 9.80 Å². The van der Waals surface area contributed by atoms with E-state index in [4.69, 9.17) is 0 Å². The number of hydrogen-bond acceptors (Lipinski definition) is 5. The molecule has 0 aromatic carbocycles. The lowest BCUT2D eigenvalue weighted by atomic mass is 9.98. The number of anilines is 1. The van der Waals surface area contributed by atoms with Crippen molar-refractivity contribution < 1.29 is 0 Å². The summed E-state index contributed by atoms with van der Waals surface area (Å²) >= 11 is 1.74. The number of rotatable bonds is 1. The summed E-state index contributed by atoms with van der Waals surface area (Å²) in [5, 5.41) is 10.9. The first-order chi connectivity index (χ1) is 7.97. The molecular weight excluding hydrogens is 232 g/mol. The van der Waals surface area contributed by atoms with Crippen LogP contribution in [0.1, 0.15) is 32.2 Å². The minimum Gasteiger partial charge on any atom is -0.345 e. The van der Waals surface area contributed by atoms with Gasteiger partial charge in [-0.15, -0.1) is 10.2 Å². The van der Waals surface area contributed by atoms with E-state index in [-0.39, 0.29) is 5.41 Å². The largest absolute Gasteiger partial charge is 0.345 e.